The van der Waals surface area contributed by atoms with Gasteiger partial charge in [-0.15, -0.1) is 0 Å². The van der Waals surface area contributed by atoms with Gasteiger partial charge in [0.1, 0.15) is 11.6 Å². The number of ether oxygens (including phenoxy) is 1. The summed E-state index contributed by atoms with van der Waals surface area (Å²) >= 11 is 0. The number of methoxy groups -OCH3 is 1. The molecule has 0 bridgehead atoms. The molecule has 1 aromatic rings. The molecule has 3 N–H and O–H groups in total. The smallest absolute Gasteiger partial charge is 0.128 e. The van der Waals surface area contributed by atoms with E-state index in [1.54, 1.807) is 13.2 Å². The molecule has 5 nitrogen and oxygen atoms in total. The van der Waals surface area contributed by atoms with Crippen molar-refractivity contribution >= 4 is 5.84 Å². The Labute approximate surface area is 155 Å². The monoisotopic (exact) mass is 352 g/mol. The normalized spacial score (nSPS) is 19.2. The molecule has 0 saturated carbocycles. The Morgan fingerprint density at radius 3 is 2.88 bits per heavy atom. The minimum Gasteiger partial charge on any atom is -0.497 e. The van der Waals surface area contributed by atoms with E-state index in [-0.39, 0.29) is 5.54 Å². The summed E-state index contributed by atoms with van der Waals surface area (Å²) in [6.07, 6.45) is 7.78. The minimum absolute atomic E-state index is 0.148. The Hall–Kier alpha value is -2.53. The van der Waals surface area contributed by atoms with E-state index in [0.29, 0.717) is 0 Å². The zero-order valence-electron chi connectivity index (χ0n) is 15.6. The van der Waals surface area contributed by atoms with Crippen LogP contribution < -0.4 is 20.7 Å². The quantitative estimate of drug-likeness (QED) is 0.713. The molecule has 3 rings (SSSR count). The summed E-state index contributed by atoms with van der Waals surface area (Å²) in [4.78, 5) is 4.93. The van der Waals surface area contributed by atoms with Crippen molar-refractivity contribution in [3.05, 3.63) is 66.0 Å². The van der Waals surface area contributed by atoms with Gasteiger partial charge in [-0.3, -0.25) is 0 Å². The summed E-state index contributed by atoms with van der Waals surface area (Å²) < 4.78 is 5.32. The van der Waals surface area contributed by atoms with E-state index in [9.17, 15) is 0 Å². The van der Waals surface area contributed by atoms with Gasteiger partial charge in [0.25, 0.3) is 0 Å². The fourth-order valence-corrected chi connectivity index (χ4v) is 3.46. The van der Waals surface area contributed by atoms with Crippen molar-refractivity contribution in [3.63, 3.8) is 0 Å². The van der Waals surface area contributed by atoms with Gasteiger partial charge in [0.2, 0.25) is 0 Å². The van der Waals surface area contributed by atoms with Crippen LogP contribution in [0.3, 0.4) is 0 Å². The number of hydrogen-bond donors (Lipinski definition) is 3. The third-order valence-electron chi connectivity index (χ3n) is 4.95. The van der Waals surface area contributed by atoms with Crippen LogP contribution in [0.4, 0.5) is 0 Å². The maximum absolute atomic E-state index is 5.32. The van der Waals surface area contributed by atoms with Crippen LogP contribution in [0, 0.1) is 0 Å². The lowest BCUT2D eigenvalue weighted by molar-refractivity contribution is 0.337. The number of nitrogens with one attached hydrogen (secondary N) is 3. The lowest BCUT2D eigenvalue weighted by atomic mass is 9.85. The van der Waals surface area contributed by atoms with Crippen LogP contribution in [0.1, 0.15) is 25.3 Å². The minimum atomic E-state index is -0.148. The van der Waals surface area contributed by atoms with Crippen molar-refractivity contribution in [2.75, 3.05) is 20.2 Å². The zero-order chi connectivity index (χ0) is 18.4. The highest BCUT2D eigenvalue weighted by molar-refractivity contribution is 5.94. The molecule has 2 aliphatic rings. The van der Waals surface area contributed by atoms with Crippen LogP contribution in [-0.2, 0) is 6.54 Å². The summed E-state index contributed by atoms with van der Waals surface area (Å²) in [5.41, 5.74) is 3.08. The average molecular weight is 352 g/mol. The van der Waals surface area contributed by atoms with Gasteiger partial charge in [0, 0.05) is 6.54 Å². The second-order valence-electron chi connectivity index (χ2n) is 6.72. The molecule has 1 fully saturated rings. The molecule has 5 heteroatoms. The molecule has 0 aliphatic carbocycles. The SMILES string of the molecule is C=C/C=C\C1=C(C)N=C(NCc2cccc(OC)c2)C2(CCNCC2)N1. The summed E-state index contributed by atoms with van der Waals surface area (Å²) in [7, 11) is 1.69. The molecule has 26 heavy (non-hydrogen) atoms. The predicted octanol–water partition coefficient (Wildman–Crippen LogP) is 2.88. The molecular formula is C21H28N4O. The molecule has 0 radical (unpaired) electrons. The standard InChI is InChI=1S/C21H28N4O/c1-4-5-9-19-16(2)24-20(21(25-19)10-12-22-13-11-21)23-15-17-7-6-8-18(14-17)26-3/h4-9,14,22,25H,1,10-13,15H2,2-3H3,(H,23,24)/b9-5-. The second-order valence-corrected chi connectivity index (χ2v) is 6.72. The third kappa shape index (κ3) is 3.99. The summed E-state index contributed by atoms with van der Waals surface area (Å²) in [6.45, 7) is 8.47. The molecule has 1 saturated heterocycles. The van der Waals surface area contributed by atoms with Gasteiger partial charge in [-0.1, -0.05) is 30.9 Å². The summed E-state index contributed by atoms with van der Waals surface area (Å²) in [5.74, 6) is 1.90. The molecule has 2 aliphatic heterocycles. The number of piperidine rings is 1. The topological polar surface area (TPSA) is 57.7 Å². The van der Waals surface area contributed by atoms with Gasteiger partial charge in [-0.05, 0) is 56.6 Å². The number of hydrogen-bond acceptors (Lipinski definition) is 5. The Morgan fingerprint density at radius 2 is 2.15 bits per heavy atom. The lowest BCUT2D eigenvalue weighted by Gasteiger charge is -2.43. The van der Waals surface area contributed by atoms with Gasteiger partial charge >= 0.3 is 0 Å². The van der Waals surface area contributed by atoms with Gasteiger partial charge in [0.05, 0.1) is 24.0 Å². The molecular weight excluding hydrogens is 324 g/mol. The van der Waals surface area contributed by atoms with Crippen LogP contribution in [0.25, 0.3) is 0 Å². The van der Waals surface area contributed by atoms with Crippen molar-refractivity contribution in [2.45, 2.75) is 31.8 Å². The summed E-state index contributed by atoms with van der Waals surface area (Å²) in [5, 5.41) is 10.8. The molecule has 2 heterocycles. The van der Waals surface area contributed by atoms with Gasteiger partial charge in [-0.25, -0.2) is 4.99 Å². The van der Waals surface area contributed by atoms with E-state index >= 15 is 0 Å². The van der Waals surface area contributed by atoms with Crippen LogP contribution in [0.5, 0.6) is 5.75 Å². The fraction of sp³-hybridized carbons (Fsp3) is 0.381. The van der Waals surface area contributed by atoms with Crippen molar-refractivity contribution in [1.82, 2.24) is 16.0 Å². The van der Waals surface area contributed by atoms with Crippen LogP contribution in [-0.4, -0.2) is 31.6 Å². The maximum atomic E-state index is 5.32. The molecule has 0 unspecified atom stereocenters. The van der Waals surface area contributed by atoms with E-state index in [1.807, 2.05) is 25.1 Å². The van der Waals surface area contributed by atoms with Crippen LogP contribution >= 0.6 is 0 Å². The molecule has 0 amide bonds. The predicted molar refractivity (Wildman–Crippen MR) is 107 cm³/mol. The van der Waals surface area contributed by atoms with E-state index in [1.165, 1.54) is 5.56 Å². The Kier molecular flexibility index (Phi) is 5.78. The first-order valence-electron chi connectivity index (χ1n) is 9.12. The van der Waals surface area contributed by atoms with E-state index in [4.69, 9.17) is 9.73 Å². The second kappa shape index (κ2) is 8.23. The maximum Gasteiger partial charge on any atom is 0.128 e. The number of nitrogens with zero attached hydrogens (tertiary/aromatic N) is 1. The van der Waals surface area contributed by atoms with Crippen LogP contribution in [0.15, 0.2) is 65.5 Å². The van der Waals surface area contributed by atoms with Crippen molar-refractivity contribution < 1.29 is 4.74 Å². The molecule has 0 atom stereocenters. The fourth-order valence-electron chi connectivity index (χ4n) is 3.46. The van der Waals surface area contributed by atoms with Crippen molar-refractivity contribution in [1.29, 1.82) is 0 Å². The number of benzene rings is 1. The number of rotatable bonds is 5. The van der Waals surface area contributed by atoms with E-state index in [2.05, 4.69) is 40.7 Å². The van der Waals surface area contributed by atoms with Crippen molar-refractivity contribution in [3.8, 4) is 5.75 Å². The largest absolute Gasteiger partial charge is 0.497 e. The highest BCUT2D eigenvalue weighted by atomic mass is 16.5. The highest BCUT2D eigenvalue weighted by Gasteiger charge is 2.40. The summed E-state index contributed by atoms with van der Waals surface area (Å²) in [6, 6.07) is 8.13. The molecule has 0 aromatic heterocycles. The first-order valence-corrected chi connectivity index (χ1v) is 9.12. The van der Waals surface area contributed by atoms with Gasteiger partial charge in [-0.2, -0.15) is 0 Å². The Balaban J connectivity index is 1.84. The first kappa shape index (κ1) is 18.3. The average Bonchev–Trinajstić information content (AvgIpc) is 2.68. The van der Waals surface area contributed by atoms with Gasteiger partial charge < -0.3 is 20.7 Å². The van der Waals surface area contributed by atoms with E-state index < -0.39 is 0 Å². The number of allylic oxidation sites excluding steroid dienone is 4. The third-order valence-corrected chi connectivity index (χ3v) is 4.95. The number of aliphatic imine (C=N–C) groups is 1. The Bertz CT molecular complexity index is 742. The number of amidine groups is 1. The van der Waals surface area contributed by atoms with Gasteiger partial charge in [0.15, 0.2) is 0 Å². The van der Waals surface area contributed by atoms with E-state index in [0.717, 1.165) is 55.5 Å². The molecule has 1 spiro atoms. The lowest BCUT2D eigenvalue weighted by Crippen LogP contribution is -2.62. The molecule has 1 aromatic carbocycles. The Morgan fingerprint density at radius 1 is 1.35 bits per heavy atom. The molecule has 138 valence electrons. The van der Waals surface area contributed by atoms with Crippen LogP contribution in [0.2, 0.25) is 0 Å². The highest BCUT2D eigenvalue weighted by Crippen LogP contribution is 2.27. The van der Waals surface area contributed by atoms with Crippen molar-refractivity contribution in [2.24, 2.45) is 4.99 Å². The first-order chi connectivity index (χ1) is 12.7. The zero-order valence-corrected chi connectivity index (χ0v) is 15.6.